The number of aromatic nitrogens is 1. The van der Waals surface area contributed by atoms with E-state index in [0.29, 0.717) is 6.61 Å². The predicted molar refractivity (Wildman–Crippen MR) is 103 cm³/mol. The van der Waals surface area contributed by atoms with Crippen molar-refractivity contribution in [1.29, 1.82) is 0 Å². The molecule has 1 unspecified atom stereocenters. The van der Waals surface area contributed by atoms with Gasteiger partial charge in [0, 0.05) is 6.54 Å². The van der Waals surface area contributed by atoms with Crippen molar-refractivity contribution in [3.8, 4) is 0 Å². The zero-order valence-electron chi connectivity index (χ0n) is 16.5. The molecule has 0 aliphatic carbocycles. The zero-order valence-corrected chi connectivity index (χ0v) is 17.5. The Morgan fingerprint density at radius 3 is 2.68 bits per heavy atom. The molecule has 1 aromatic heterocycles. The van der Waals surface area contributed by atoms with Crippen LogP contribution in [0.4, 0.5) is 5.82 Å². The number of hydrogen-bond donors (Lipinski definition) is 0. The third-order valence-electron chi connectivity index (χ3n) is 5.45. The van der Waals surface area contributed by atoms with Gasteiger partial charge in [-0.25, -0.2) is 9.78 Å². The van der Waals surface area contributed by atoms with Crippen LogP contribution < -0.4 is 4.90 Å². The first-order valence-corrected chi connectivity index (χ1v) is 12.0. The number of rotatable bonds is 5. The molecule has 1 saturated heterocycles. The van der Waals surface area contributed by atoms with Crippen LogP contribution in [0.25, 0.3) is 0 Å². The molecule has 25 heavy (non-hydrogen) atoms. The predicted octanol–water partition coefficient (Wildman–Crippen LogP) is 4.14. The van der Waals surface area contributed by atoms with Crippen molar-refractivity contribution >= 4 is 20.1 Å². The van der Waals surface area contributed by atoms with E-state index >= 15 is 0 Å². The first-order chi connectivity index (χ1) is 11.7. The number of piperidine rings is 1. The number of nitrogens with zero attached hydrogens (tertiary/aromatic N) is 2. The molecule has 140 valence electrons. The number of anilines is 1. The van der Waals surface area contributed by atoms with E-state index in [0.717, 1.165) is 37.3 Å². The van der Waals surface area contributed by atoms with Crippen LogP contribution in [0.2, 0.25) is 18.1 Å². The van der Waals surface area contributed by atoms with Crippen molar-refractivity contribution in [3.05, 3.63) is 23.9 Å². The molecule has 1 aliphatic rings. The van der Waals surface area contributed by atoms with Crippen LogP contribution in [0.15, 0.2) is 18.2 Å². The SMILES string of the molecule is COC(=O)C1CCCCN1c1cccc(CO[Si](C)(C)C(C)(C)C)n1. The van der Waals surface area contributed by atoms with Gasteiger partial charge < -0.3 is 14.1 Å². The summed E-state index contributed by atoms with van der Waals surface area (Å²) in [7, 11) is -0.359. The van der Waals surface area contributed by atoms with Crippen LogP contribution in [-0.2, 0) is 20.6 Å². The Kier molecular flexibility index (Phi) is 6.27. The molecule has 5 nitrogen and oxygen atoms in total. The van der Waals surface area contributed by atoms with Gasteiger partial charge in [0.1, 0.15) is 11.9 Å². The lowest BCUT2D eigenvalue weighted by Gasteiger charge is -2.36. The Balaban J connectivity index is 2.14. The third-order valence-corrected chi connectivity index (χ3v) is 9.93. The first kappa shape index (κ1) is 19.9. The molecule has 1 aliphatic heterocycles. The number of carbonyl (C=O) groups is 1. The highest BCUT2D eigenvalue weighted by molar-refractivity contribution is 6.74. The number of pyridine rings is 1. The van der Waals surface area contributed by atoms with E-state index < -0.39 is 8.32 Å². The lowest BCUT2D eigenvalue weighted by atomic mass is 10.0. The lowest BCUT2D eigenvalue weighted by molar-refractivity contribution is -0.142. The highest BCUT2D eigenvalue weighted by Gasteiger charge is 2.37. The van der Waals surface area contributed by atoms with Crippen LogP contribution in [0.3, 0.4) is 0 Å². The molecule has 0 amide bonds. The number of esters is 1. The highest BCUT2D eigenvalue weighted by Crippen LogP contribution is 2.37. The van der Waals surface area contributed by atoms with E-state index in [4.69, 9.17) is 14.1 Å². The average Bonchev–Trinajstić information content (AvgIpc) is 2.58. The second kappa shape index (κ2) is 7.87. The Morgan fingerprint density at radius 1 is 1.32 bits per heavy atom. The third kappa shape index (κ3) is 4.82. The molecule has 0 saturated carbocycles. The van der Waals surface area contributed by atoms with E-state index in [9.17, 15) is 4.79 Å². The molecule has 1 atom stereocenters. The molecule has 6 heteroatoms. The molecule has 2 heterocycles. The first-order valence-electron chi connectivity index (χ1n) is 9.10. The highest BCUT2D eigenvalue weighted by atomic mass is 28.4. The van der Waals surface area contributed by atoms with Crippen molar-refractivity contribution in [2.45, 2.75) is 70.8 Å². The molecule has 2 rings (SSSR count). The van der Waals surface area contributed by atoms with Gasteiger partial charge in [-0.3, -0.25) is 0 Å². The molecule has 0 N–H and O–H groups in total. The van der Waals surface area contributed by atoms with Crippen LogP contribution in [0.1, 0.15) is 45.7 Å². The lowest BCUT2D eigenvalue weighted by Crippen LogP contribution is -2.46. The summed E-state index contributed by atoms with van der Waals surface area (Å²) < 4.78 is 11.3. The number of hydrogen-bond acceptors (Lipinski definition) is 5. The Morgan fingerprint density at radius 2 is 2.04 bits per heavy atom. The van der Waals surface area contributed by atoms with E-state index in [-0.39, 0.29) is 17.0 Å². The van der Waals surface area contributed by atoms with Crippen molar-refractivity contribution in [2.75, 3.05) is 18.6 Å². The van der Waals surface area contributed by atoms with Gasteiger partial charge in [-0.05, 0) is 49.5 Å². The summed E-state index contributed by atoms with van der Waals surface area (Å²) in [4.78, 5) is 18.9. The van der Waals surface area contributed by atoms with Gasteiger partial charge in [0.05, 0.1) is 19.4 Å². The van der Waals surface area contributed by atoms with Crippen LogP contribution >= 0.6 is 0 Å². The molecular weight excluding hydrogens is 332 g/mol. The number of methoxy groups -OCH3 is 1. The monoisotopic (exact) mass is 364 g/mol. The molecule has 0 aromatic carbocycles. The normalized spacial score (nSPS) is 19.0. The maximum absolute atomic E-state index is 12.1. The van der Waals surface area contributed by atoms with Gasteiger partial charge in [-0.1, -0.05) is 26.8 Å². The van der Waals surface area contributed by atoms with E-state index in [2.05, 4.69) is 38.8 Å². The fourth-order valence-corrected chi connectivity index (χ4v) is 3.71. The van der Waals surface area contributed by atoms with Crippen molar-refractivity contribution in [2.24, 2.45) is 0 Å². The topological polar surface area (TPSA) is 51.7 Å². The van der Waals surface area contributed by atoms with Gasteiger partial charge in [0.15, 0.2) is 8.32 Å². The van der Waals surface area contributed by atoms with Gasteiger partial charge >= 0.3 is 5.97 Å². The van der Waals surface area contributed by atoms with Crippen LogP contribution in [0.5, 0.6) is 0 Å². The summed E-state index contributed by atoms with van der Waals surface area (Å²) >= 11 is 0. The molecule has 0 bridgehead atoms. The van der Waals surface area contributed by atoms with Crippen molar-refractivity contribution < 1.29 is 14.0 Å². The minimum absolute atomic E-state index is 0.174. The van der Waals surface area contributed by atoms with E-state index in [1.54, 1.807) is 0 Å². The van der Waals surface area contributed by atoms with E-state index in [1.165, 1.54) is 7.11 Å². The standard InChI is InChI=1S/C19H32N2O3Si/c1-19(2,3)25(5,6)24-14-15-10-9-12-17(20-15)21-13-8-7-11-16(21)18(22)23-4/h9-10,12,16H,7-8,11,13-14H2,1-6H3. The maximum Gasteiger partial charge on any atom is 0.328 e. The van der Waals surface area contributed by atoms with Gasteiger partial charge in [-0.15, -0.1) is 0 Å². The molecule has 1 aromatic rings. The van der Waals surface area contributed by atoms with Crippen LogP contribution in [0, 0.1) is 0 Å². The summed E-state index contributed by atoms with van der Waals surface area (Å²) in [6.45, 7) is 12.5. The van der Waals surface area contributed by atoms with Crippen molar-refractivity contribution in [1.82, 2.24) is 4.98 Å². The number of ether oxygens (including phenoxy) is 1. The number of carbonyl (C=O) groups excluding carboxylic acids is 1. The molecule has 1 fully saturated rings. The van der Waals surface area contributed by atoms with Crippen molar-refractivity contribution in [3.63, 3.8) is 0 Å². The smallest absolute Gasteiger partial charge is 0.328 e. The zero-order chi connectivity index (χ0) is 18.7. The Hall–Kier alpha value is -1.40. The minimum Gasteiger partial charge on any atom is -0.467 e. The Bertz CT molecular complexity index is 599. The van der Waals surface area contributed by atoms with Gasteiger partial charge in [0.2, 0.25) is 0 Å². The molecule has 0 radical (unpaired) electrons. The van der Waals surface area contributed by atoms with Gasteiger partial charge in [0.25, 0.3) is 0 Å². The fourth-order valence-electron chi connectivity index (χ4n) is 2.76. The summed E-state index contributed by atoms with van der Waals surface area (Å²) in [5.41, 5.74) is 0.913. The molecular formula is C19H32N2O3Si. The summed E-state index contributed by atoms with van der Waals surface area (Å²) in [5.74, 6) is 0.663. The summed E-state index contributed by atoms with van der Waals surface area (Å²) in [5, 5.41) is 0.174. The average molecular weight is 365 g/mol. The molecule has 0 spiro atoms. The Labute approximate surface area is 152 Å². The quantitative estimate of drug-likeness (QED) is 0.581. The summed E-state index contributed by atoms with van der Waals surface area (Å²) in [6, 6.07) is 5.73. The van der Waals surface area contributed by atoms with E-state index in [1.807, 2.05) is 18.2 Å². The second-order valence-corrected chi connectivity index (χ2v) is 13.1. The van der Waals surface area contributed by atoms with Gasteiger partial charge in [-0.2, -0.15) is 0 Å². The van der Waals surface area contributed by atoms with Crippen LogP contribution in [-0.4, -0.2) is 39.0 Å². The maximum atomic E-state index is 12.1. The second-order valence-electron chi connectivity index (χ2n) is 8.26. The largest absolute Gasteiger partial charge is 0.467 e. The summed E-state index contributed by atoms with van der Waals surface area (Å²) in [6.07, 6.45) is 2.93. The fraction of sp³-hybridized carbons (Fsp3) is 0.684. The minimum atomic E-state index is -1.81.